The molecule has 0 fully saturated rings. The maximum absolute atomic E-state index is 13.0. The predicted molar refractivity (Wildman–Crippen MR) is 114 cm³/mol. The molecule has 4 heteroatoms. The highest BCUT2D eigenvalue weighted by Gasteiger charge is 2.23. The number of hydrogen-bond donors (Lipinski definition) is 0. The number of aryl methyl sites for hydroxylation is 1. The van der Waals surface area contributed by atoms with Crippen LogP contribution in [-0.4, -0.2) is 24.9 Å². The van der Waals surface area contributed by atoms with E-state index in [0.29, 0.717) is 5.56 Å². The van der Waals surface area contributed by atoms with Gasteiger partial charge in [-0.2, -0.15) is 0 Å². The number of fused-ring (bicyclic) bond motifs is 2. The van der Waals surface area contributed by atoms with E-state index < -0.39 is 0 Å². The quantitative estimate of drug-likeness (QED) is 0.361. The molecule has 1 amide bonds. The molecule has 27 heavy (non-hydrogen) atoms. The number of carbonyl (C=O) groups is 1. The van der Waals surface area contributed by atoms with Crippen LogP contribution in [0.3, 0.4) is 0 Å². The Kier molecular flexibility index (Phi) is 4.28. The van der Waals surface area contributed by atoms with Crippen LogP contribution in [0.15, 0.2) is 71.5 Å². The molecule has 0 N–H and O–H groups in total. The smallest absolute Gasteiger partial charge is 0.253 e. The Morgan fingerprint density at radius 1 is 0.852 bits per heavy atom. The van der Waals surface area contributed by atoms with Gasteiger partial charge in [-0.15, -0.1) is 0 Å². The topological polar surface area (TPSA) is 37.4 Å². The summed E-state index contributed by atoms with van der Waals surface area (Å²) < 4.78 is 2.10. The average molecular weight is 374 g/mol. The van der Waals surface area contributed by atoms with Gasteiger partial charge in [0.2, 0.25) is 5.43 Å². The van der Waals surface area contributed by atoms with Crippen molar-refractivity contribution in [3.63, 3.8) is 0 Å². The van der Waals surface area contributed by atoms with Crippen LogP contribution in [0.5, 0.6) is 0 Å². The Balaban J connectivity index is 2.04. The van der Waals surface area contributed by atoms with E-state index in [0.717, 1.165) is 30.6 Å². The molecule has 0 spiro atoms. The molecular weight excluding hydrogens is 354 g/mol. The van der Waals surface area contributed by atoms with Crippen molar-refractivity contribution in [1.82, 2.24) is 4.90 Å². The molecule has 1 unspecified atom stereocenters. The van der Waals surface area contributed by atoms with Crippen LogP contribution >= 0.6 is 10.5 Å². The summed E-state index contributed by atoms with van der Waals surface area (Å²) in [6.07, 6.45) is 0. The number of rotatable bonds is 2. The van der Waals surface area contributed by atoms with Crippen molar-refractivity contribution in [2.45, 2.75) is 6.92 Å². The molecular formula is C23H20NO2S+. The number of amides is 1. The van der Waals surface area contributed by atoms with E-state index in [1.807, 2.05) is 61.5 Å². The summed E-state index contributed by atoms with van der Waals surface area (Å²) in [6.45, 7) is 2.01. The standard InChI is InChI=1S/C23H20NO2S/c1-15-8-13-21-19(14-15)22(25)18-6-4-5-7-20(18)27(21)17-11-9-16(10-12-17)23(26)24(2)3/h4-14H,1-3H3/q+1. The van der Waals surface area contributed by atoms with E-state index in [1.165, 1.54) is 0 Å². The van der Waals surface area contributed by atoms with E-state index in [1.54, 1.807) is 19.0 Å². The number of hydrogen-bond acceptors (Lipinski definition) is 2. The van der Waals surface area contributed by atoms with E-state index in [4.69, 9.17) is 0 Å². The molecule has 0 saturated heterocycles. The Bertz CT molecular complexity index is 1240. The van der Waals surface area contributed by atoms with Gasteiger partial charge in [-0.1, -0.05) is 18.2 Å². The Morgan fingerprint density at radius 2 is 1.52 bits per heavy atom. The van der Waals surface area contributed by atoms with Crippen LogP contribution in [0.2, 0.25) is 0 Å². The van der Waals surface area contributed by atoms with Crippen molar-refractivity contribution in [2.24, 2.45) is 0 Å². The highest BCUT2D eigenvalue weighted by molar-refractivity contribution is 7.49. The fraction of sp³-hybridized carbons (Fsp3) is 0.130. The van der Waals surface area contributed by atoms with Crippen LogP contribution in [0.4, 0.5) is 0 Å². The first-order chi connectivity index (χ1) is 13.0. The number of carbonyl (C=O) groups excluding carboxylic acids is 1. The van der Waals surface area contributed by atoms with E-state index in [-0.39, 0.29) is 21.8 Å². The molecule has 0 saturated carbocycles. The third-order valence-corrected chi connectivity index (χ3v) is 7.03. The zero-order valence-electron chi connectivity index (χ0n) is 15.5. The van der Waals surface area contributed by atoms with Crippen LogP contribution in [0.1, 0.15) is 15.9 Å². The van der Waals surface area contributed by atoms with Crippen LogP contribution in [-0.2, 0) is 0 Å². The summed E-state index contributed by atoms with van der Waals surface area (Å²) in [5, 5.41) is 1.55. The summed E-state index contributed by atoms with van der Waals surface area (Å²) in [7, 11) is 3.13. The largest absolute Gasteiger partial charge is 0.345 e. The lowest BCUT2D eigenvalue weighted by atomic mass is 10.1. The molecule has 0 aliphatic heterocycles. The van der Waals surface area contributed by atoms with Gasteiger partial charge in [-0.05, 0) is 61.0 Å². The van der Waals surface area contributed by atoms with Crippen LogP contribution in [0, 0.1) is 6.92 Å². The van der Waals surface area contributed by atoms with Gasteiger partial charge in [-0.3, -0.25) is 9.59 Å². The zero-order valence-corrected chi connectivity index (χ0v) is 16.3. The van der Waals surface area contributed by atoms with Crippen molar-refractivity contribution < 1.29 is 4.79 Å². The van der Waals surface area contributed by atoms with Gasteiger partial charge in [0, 0.05) is 30.1 Å². The lowest BCUT2D eigenvalue weighted by Gasteiger charge is -2.10. The third-order valence-electron chi connectivity index (χ3n) is 4.69. The highest BCUT2D eigenvalue weighted by Crippen LogP contribution is 2.43. The summed E-state index contributed by atoms with van der Waals surface area (Å²) in [5.41, 5.74) is 1.84. The third kappa shape index (κ3) is 2.92. The maximum atomic E-state index is 13.0. The summed E-state index contributed by atoms with van der Waals surface area (Å²) >= 11 is 0. The Hall–Kier alpha value is -2.98. The van der Waals surface area contributed by atoms with Crippen molar-refractivity contribution in [3.05, 3.63) is 88.1 Å². The second kappa shape index (κ2) is 6.63. The average Bonchev–Trinajstić information content (AvgIpc) is 2.68. The molecule has 3 aromatic carbocycles. The fourth-order valence-corrected chi connectivity index (χ4v) is 5.66. The van der Waals surface area contributed by atoms with Crippen molar-refractivity contribution in [2.75, 3.05) is 14.1 Å². The molecule has 1 atom stereocenters. The first-order valence-corrected chi connectivity index (χ1v) is 10.0. The maximum Gasteiger partial charge on any atom is 0.253 e. The molecule has 134 valence electrons. The highest BCUT2D eigenvalue weighted by atomic mass is 32.2. The van der Waals surface area contributed by atoms with Crippen molar-refractivity contribution >= 4 is 36.5 Å². The second-order valence-electron chi connectivity index (χ2n) is 6.86. The molecule has 0 aliphatic rings. The molecule has 1 heterocycles. The lowest BCUT2D eigenvalue weighted by Crippen LogP contribution is -2.21. The van der Waals surface area contributed by atoms with Crippen molar-refractivity contribution in [3.8, 4) is 4.90 Å². The van der Waals surface area contributed by atoms with E-state index in [2.05, 4.69) is 12.1 Å². The summed E-state index contributed by atoms with van der Waals surface area (Å²) in [4.78, 5) is 27.9. The van der Waals surface area contributed by atoms with E-state index in [9.17, 15) is 9.59 Å². The van der Waals surface area contributed by atoms with Gasteiger partial charge in [0.1, 0.15) is 0 Å². The van der Waals surface area contributed by atoms with Gasteiger partial charge in [-0.25, -0.2) is 0 Å². The van der Waals surface area contributed by atoms with E-state index >= 15 is 0 Å². The second-order valence-corrected chi connectivity index (χ2v) is 8.82. The fourth-order valence-electron chi connectivity index (χ4n) is 3.34. The summed E-state index contributed by atoms with van der Waals surface area (Å²) in [6, 6.07) is 21.7. The van der Waals surface area contributed by atoms with Crippen LogP contribution in [0.25, 0.3) is 25.1 Å². The molecule has 3 nitrogen and oxygen atoms in total. The van der Waals surface area contributed by atoms with Crippen LogP contribution < -0.4 is 5.43 Å². The van der Waals surface area contributed by atoms with Gasteiger partial charge < -0.3 is 4.90 Å². The number of nitrogens with zero attached hydrogens (tertiary/aromatic N) is 1. The molecule has 4 aromatic rings. The SMILES string of the molecule is Cc1ccc2c(c1)c(=O)c1ccccc1[s+]2-c1ccc(C(=O)N(C)C)cc1. The molecule has 0 aliphatic carbocycles. The Labute approximate surface area is 160 Å². The minimum absolute atomic E-state index is 0.0138. The predicted octanol–water partition coefficient (Wildman–Crippen LogP) is 5.10. The first kappa shape index (κ1) is 17.4. The van der Waals surface area contributed by atoms with Gasteiger partial charge >= 0.3 is 0 Å². The van der Waals surface area contributed by atoms with Gasteiger partial charge in [0.05, 0.1) is 10.8 Å². The van der Waals surface area contributed by atoms with Gasteiger partial charge in [0.25, 0.3) is 5.91 Å². The first-order valence-electron chi connectivity index (χ1n) is 8.78. The monoisotopic (exact) mass is 374 g/mol. The van der Waals surface area contributed by atoms with Gasteiger partial charge in [0.15, 0.2) is 14.3 Å². The molecule has 1 aromatic heterocycles. The Morgan fingerprint density at radius 3 is 2.22 bits per heavy atom. The molecule has 4 rings (SSSR count). The zero-order chi connectivity index (χ0) is 19.1. The lowest BCUT2D eigenvalue weighted by molar-refractivity contribution is 0.0827. The molecule has 0 radical (unpaired) electrons. The number of benzene rings is 3. The normalized spacial score (nSPS) is 11.7. The van der Waals surface area contributed by atoms with Crippen molar-refractivity contribution in [1.29, 1.82) is 0 Å². The molecule has 0 bridgehead atoms. The minimum Gasteiger partial charge on any atom is -0.345 e. The minimum atomic E-state index is -0.365. The summed E-state index contributed by atoms with van der Waals surface area (Å²) in [5.74, 6) is -0.0138.